The second-order valence-corrected chi connectivity index (χ2v) is 6.53. The maximum absolute atomic E-state index is 12.8. The number of hydrogen-bond acceptors (Lipinski definition) is 4. The average Bonchev–Trinajstić information content (AvgIpc) is 2.64. The molecular weight excluding hydrogens is 352 g/mol. The number of aliphatic carboxylic acids is 1. The number of fused-ring (bicyclic) bond motifs is 1. The highest BCUT2D eigenvalue weighted by molar-refractivity contribution is 6.10. The Hall–Kier alpha value is -3.10. The van der Waals surface area contributed by atoms with Crippen LogP contribution in [0.4, 0.5) is 16.2 Å². The highest BCUT2D eigenvalue weighted by Crippen LogP contribution is 2.29. The van der Waals surface area contributed by atoms with E-state index in [2.05, 4.69) is 16.0 Å². The maximum Gasteiger partial charge on any atom is 0.325 e. The molecule has 9 nitrogen and oxygen atoms in total. The fraction of sp³-hybridized carbons (Fsp3) is 0.444. The predicted octanol–water partition coefficient (Wildman–Crippen LogP) is 1.16. The molecule has 1 aliphatic heterocycles. The summed E-state index contributed by atoms with van der Waals surface area (Å²) in [7, 11) is 0. The fourth-order valence-electron chi connectivity index (χ4n) is 2.69. The quantitative estimate of drug-likeness (QED) is 0.592. The molecule has 2 rings (SSSR count). The molecule has 3 atom stereocenters. The van der Waals surface area contributed by atoms with Crippen LogP contribution >= 0.6 is 0 Å². The minimum absolute atomic E-state index is 0.177. The number of carbonyl (C=O) groups is 4. The molecule has 27 heavy (non-hydrogen) atoms. The summed E-state index contributed by atoms with van der Waals surface area (Å²) < 4.78 is 0. The number of benzene rings is 1. The van der Waals surface area contributed by atoms with Gasteiger partial charge in [-0.2, -0.15) is 0 Å². The van der Waals surface area contributed by atoms with Crippen LogP contribution in [0.25, 0.3) is 0 Å². The number of nitrogens with zero attached hydrogens (tertiary/aromatic N) is 1. The number of hydrogen-bond donors (Lipinski definition) is 4. The minimum atomic E-state index is -1.17. The second kappa shape index (κ2) is 8.52. The van der Waals surface area contributed by atoms with Crippen LogP contribution in [0.2, 0.25) is 0 Å². The van der Waals surface area contributed by atoms with Gasteiger partial charge >= 0.3 is 12.0 Å². The lowest BCUT2D eigenvalue weighted by molar-refractivity contribution is -0.141. The van der Waals surface area contributed by atoms with Gasteiger partial charge in [0, 0.05) is 0 Å². The Labute approximate surface area is 157 Å². The van der Waals surface area contributed by atoms with E-state index in [1.54, 1.807) is 31.2 Å². The van der Waals surface area contributed by atoms with Crippen LogP contribution in [0.3, 0.4) is 0 Å². The molecule has 1 heterocycles. The molecule has 0 spiro atoms. The lowest BCUT2D eigenvalue weighted by Gasteiger charge is -2.32. The third-order valence-electron chi connectivity index (χ3n) is 4.52. The first-order chi connectivity index (χ1) is 12.7. The highest BCUT2D eigenvalue weighted by atomic mass is 16.4. The van der Waals surface area contributed by atoms with Gasteiger partial charge in [0.2, 0.25) is 11.8 Å². The van der Waals surface area contributed by atoms with E-state index in [1.807, 2.05) is 6.92 Å². The molecule has 1 aromatic carbocycles. The maximum atomic E-state index is 12.8. The van der Waals surface area contributed by atoms with E-state index in [9.17, 15) is 19.2 Å². The van der Waals surface area contributed by atoms with Gasteiger partial charge in [0.05, 0.1) is 11.4 Å². The van der Waals surface area contributed by atoms with Gasteiger partial charge in [-0.3, -0.25) is 19.3 Å². The Kier molecular flexibility index (Phi) is 6.38. The van der Waals surface area contributed by atoms with Crippen LogP contribution in [0, 0.1) is 5.92 Å². The van der Waals surface area contributed by atoms with Gasteiger partial charge in [-0.1, -0.05) is 32.4 Å². The van der Waals surface area contributed by atoms with Crippen molar-refractivity contribution in [3.8, 4) is 0 Å². The number of carbonyl (C=O) groups excluding carboxylic acids is 3. The van der Waals surface area contributed by atoms with Gasteiger partial charge in [-0.15, -0.1) is 0 Å². The van der Waals surface area contributed by atoms with Gasteiger partial charge in [0.25, 0.3) is 0 Å². The summed E-state index contributed by atoms with van der Waals surface area (Å²) in [5.74, 6) is -2.32. The van der Waals surface area contributed by atoms with Gasteiger partial charge in [0.15, 0.2) is 0 Å². The predicted molar refractivity (Wildman–Crippen MR) is 99.4 cm³/mol. The van der Waals surface area contributed by atoms with Crippen molar-refractivity contribution in [3.05, 3.63) is 24.3 Å². The van der Waals surface area contributed by atoms with Crippen molar-refractivity contribution in [2.24, 2.45) is 5.92 Å². The summed E-state index contributed by atoms with van der Waals surface area (Å²) in [6, 6.07) is 4.25. The van der Waals surface area contributed by atoms with Crippen LogP contribution in [-0.4, -0.2) is 47.5 Å². The van der Waals surface area contributed by atoms with Gasteiger partial charge in [-0.05, 0) is 25.0 Å². The number of carboxylic acids is 1. The number of anilines is 2. The summed E-state index contributed by atoms with van der Waals surface area (Å²) in [6.07, 6.45) is 0.594. The van der Waals surface area contributed by atoms with E-state index in [0.29, 0.717) is 17.8 Å². The molecule has 9 heteroatoms. The van der Waals surface area contributed by atoms with Crippen LogP contribution in [0.1, 0.15) is 27.2 Å². The van der Waals surface area contributed by atoms with E-state index >= 15 is 0 Å². The highest BCUT2D eigenvalue weighted by Gasteiger charge is 2.32. The molecule has 0 saturated carbocycles. The van der Waals surface area contributed by atoms with Crippen molar-refractivity contribution in [3.63, 3.8) is 0 Å². The summed E-state index contributed by atoms with van der Waals surface area (Å²) in [6.45, 7) is 4.82. The van der Waals surface area contributed by atoms with E-state index in [1.165, 1.54) is 11.8 Å². The van der Waals surface area contributed by atoms with Crippen molar-refractivity contribution < 1.29 is 24.3 Å². The lowest BCUT2D eigenvalue weighted by atomic mass is 9.98. The number of carboxylic acid groups (broad SMARTS) is 1. The number of rotatable bonds is 6. The standard InChI is InChI=1S/C18H24N4O5/c1-4-10(2)15(16(24)19-11(3)17(25)26)21-18(27)22-9-14(23)20-12-7-5-6-8-13(12)22/h5-8,10-11,15H,4,9H2,1-3H3,(H,19,24)(H,20,23)(H,21,27)(H,25,26)/t10?,11-,15+/m1/s1. The number of amides is 4. The first kappa shape index (κ1) is 20.2. The van der Waals surface area contributed by atoms with Crippen LogP contribution < -0.4 is 20.9 Å². The van der Waals surface area contributed by atoms with Crippen LogP contribution in [0.15, 0.2) is 24.3 Å². The molecule has 146 valence electrons. The van der Waals surface area contributed by atoms with E-state index < -0.39 is 30.0 Å². The van der Waals surface area contributed by atoms with Gasteiger partial charge < -0.3 is 21.1 Å². The Morgan fingerprint density at radius 1 is 1.22 bits per heavy atom. The molecular formula is C18H24N4O5. The Bertz CT molecular complexity index is 751. The molecule has 1 unspecified atom stereocenters. The Morgan fingerprint density at radius 2 is 1.89 bits per heavy atom. The van der Waals surface area contributed by atoms with Crippen LogP contribution in [-0.2, 0) is 14.4 Å². The summed E-state index contributed by atoms with van der Waals surface area (Å²) in [4.78, 5) is 49.4. The van der Waals surface area contributed by atoms with E-state index in [4.69, 9.17) is 5.11 Å². The molecule has 1 aliphatic rings. The summed E-state index contributed by atoms with van der Waals surface area (Å²) >= 11 is 0. The monoisotopic (exact) mass is 376 g/mol. The molecule has 4 N–H and O–H groups in total. The molecule has 0 bridgehead atoms. The largest absolute Gasteiger partial charge is 0.480 e. The molecule has 0 aromatic heterocycles. The van der Waals surface area contributed by atoms with Crippen LogP contribution in [0.5, 0.6) is 0 Å². The Balaban J connectivity index is 2.20. The van der Waals surface area contributed by atoms with Crippen molar-refractivity contribution in [1.29, 1.82) is 0 Å². The van der Waals surface area contributed by atoms with Crippen molar-refractivity contribution in [2.45, 2.75) is 39.3 Å². The molecule has 4 amide bonds. The first-order valence-corrected chi connectivity index (χ1v) is 8.74. The summed E-state index contributed by atoms with van der Waals surface area (Å²) in [5.41, 5.74) is 1.03. The number of para-hydroxylation sites is 2. The molecule has 0 radical (unpaired) electrons. The smallest absolute Gasteiger partial charge is 0.325 e. The zero-order valence-electron chi connectivity index (χ0n) is 15.5. The van der Waals surface area contributed by atoms with Gasteiger partial charge in [-0.25, -0.2) is 4.79 Å². The Morgan fingerprint density at radius 3 is 2.52 bits per heavy atom. The third-order valence-corrected chi connectivity index (χ3v) is 4.52. The van der Waals surface area contributed by atoms with Crippen molar-refractivity contribution in [1.82, 2.24) is 10.6 Å². The molecule has 0 aliphatic carbocycles. The van der Waals surface area contributed by atoms with Crippen molar-refractivity contribution in [2.75, 3.05) is 16.8 Å². The topological polar surface area (TPSA) is 128 Å². The van der Waals surface area contributed by atoms with E-state index in [0.717, 1.165) is 0 Å². The third kappa shape index (κ3) is 4.75. The number of nitrogens with one attached hydrogen (secondary N) is 3. The normalized spacial score (nSPS) is 16.4. The SMILES string of the molecule is CCC(C)[C@H](NC(=O)N1CC(=O)Nc2ccccc21)C(=O)N[C@H](C)C(=O)O. The zero-order valence-corrected chi connectivity index (χ0v) is 15.5. The van der Waals surface area contributed by atoms with E-state index in [-0.39, 0.29) is 18.4 Å². The fourth-order valence-corrected chi connectivity index (χ4v) is 2.69. The zero-order chi connectivity index (χ0) is 20.1. The van der Waals surface area contributed by atoms with Crippen molar-refractivity contribution >= 4 is 35.2 Å². The molecule has 0 fully saturated rings. The first-order valence-electron chi connectivity index (χ1n) is 8.74. The van der Waals surface area contributed by atoms with Gasteiger partial charge in [0.1, 0.15) is 18.6 Å². The minimum Gasteiger partial charge on any atom is -0.480 e. The second-order valence-electron chi connectivity index (χ2n) is 6.53. The lowest BCUT2D eigenvalue weighted by Crippen LogP contribution is -2.57. The number of urea groups is 1. The molecule has 1 aromatic rings. The average molecular weight is 376 g/mol. The molecule has 0 saturated heterocycles. The summed E-state index contributed by atoms with van der Waals surface area (Å²) in [5, 5.41) is 16.7.